The van der Waals surface area contributed by atoms with Crippen molar-refractivity contribution >= 4 is 5.97 Å². The summed E-state index contributed by atoms with van der Waals surface area (Å²) in [6, 6.07) is -1.05. The summed E-state index contributed by atoms with van der Waals surface area (Å²) in [7, 11) is 0. The van der Waals surface area contributed by atoms with Gasteiger partial charge < -0.3 is 75.7 Å². The number of carbonyl (C=O) groups is 1. The minimum Gasteiger partial charge on any atom is -0.462 e. The van der Waals surface area contributed by atoms with Gasteiger partial charge in [0.1, 0.15) is 12.2 Å². The molecule has 2 bridgehead atoms. The zero-order valence-corrected chi connectivity index (χ0v) is 37.2. The molecule has 12 N–H and O–H groups in total. The van der Waals surface area contributed by atoms with Crippen molar-refractivity contribution in [2.24, 2.45) is 23.5 Å². The minimum absolute atomic E-state index is 0.0428. The van der Waals surface area contributed by atoms with Gasteiger partial charge in [-0.05, 0) is 39.5 Å². The van der Waals surface area contributed by atoms with Crippen LogP contribution in [0.4, 0.5) is 0 Å². The molecule has 0 amide bonds. The van der Waals surface area contributed by atoms with Crippen LogP contribution < -0.4 is 5.73 Å². The van der Waals surface area contributed by atoms with Crippen molar-refractivity contribution in [2.75, 3.05) is 0 Å². The van der Waals surface area contributed by atoms with Crippen LogP contribution in [0.5, 0.6) is 0 Å². The lowest BCUT2D eigenvalue weighted by molar-refractivity contribution is -0.310. The van der Waals surface area contributed by atoms with Crippen LogP contribution in [-0.4, -0.2) is 155 Å². The first kappa shape index (κ1) is 54.4. The molecule has 0 spiro atoms. The molecule has 2 saturated heterocycles. The van der Waals surface area contributed by atoms with E-state index >= 15 is 0 Å². The second-order valence-corrected chi connectivity index (χ2v) is 17.6. The maximum Gasteiger partial charge on any atom is 0.308 e. The number of rotatable bonds is 2. The van der Waals surface area contributed by atoms with Crippen LogP contribution >= 0.6 is 0 Å². The van der Waals surface area contributed by atoms with Gasteiger partial charge in [-0.15, -0.1) is 0 Å². The summed E-state index contributed by atoms with van der Waals surface area (Å²) >= 11 is 0. The van der Waals surface area contributed by atoms with Crippen molar-refractivity contribution in [3.05, 3.63) is 85.1 Å². The average Bonchev–Trinajstić information content (AvgIpc) is 3.21. The van der Waals surface area contributed by atoms with E-state index in [0.717, 1.165) is 0 Å². The van der Waals surface area contributed by atoms with Gasteiger partial charge in [-0.2, -0.15) is 0 Å². The Morgan fingerprint density at radius 3 is 1.75 bits per heavy atom. The molecule has 0 aliphatic carbocycles. The first-order chi connectivity index (χ1) is 29.7. The van der Waals surface area contributed by atoms with Crippen LogP contribution in [0, 0.1) is 17.8 Å². The molecule has 3 heterocycles. The van der Waals surface area contributed by atoms with E-state index in [0.29, 0.717) is 0 Å². The molecule has 2 fully saturated rings. The first-order valence-corrected chi connectivity index (χ1v) is 22.2. The highest BCUT2D eigenvalue weighted by molar-refractivity contribution is 5.70. The summed E-state index contributed by atoms with van der Waals surface area (Å²) in [5.74, 6) is -4.01. The summed E-state index contributed by atoms with van der Waals surface area (Å²) in [6.07, 6.45) is 8.08. The Kier molecular flexibility index (Phi) is 23.2. The van der Waals surface area contributed by atoms with E-state index in [9.17, 15) is 55.9 Å². The number of esters is 1. The zero-order valence-electron chi connectivity index (χ0n) is 37.2. The Hall–Kier alpha value is -2.91. The van der Waals surface area contributed by atoms with E-state index in [1.54, 1.807) is 58.1 Å². The van der Waals surface area contributed by atoms with E-state index in [1.807, 2.05) is 61.6 Å². The normalized spacial score (nSPS) is 46.6. The van der Waals surface area contributed by atoms with E-state index < -0.39 is 128 Å². The van der Waals surface area contributed by atoms with Crippen molar-refractivity contribution in [2.45, 2.75) is 183 Å². The Balaban J connectivity index is 1.81. The number of hydrogen-bond donors (Lipinski definition) is 11. The third-order valence-corrected chi connectivity index (χ3v) is 12.1. The lowest BCUT2D eigenvalue weighted by Gasteiger charge is -2.46. The van der Waals surface area contributed by atoms with Gasteiger partial charge in [-0.3, -0.25) is 4.79 Å². The van der Waals surface area contributed by atoms with Crippen molar-refractivity contribution < 1.29 is 74.8 Å². The summed E-state index contributed by atoms with van der Waals surface area (Å²) in [5.41, 5.74) is 6.05. The molecule has 3 aliphatic heterocycles. The first-order valence-electron chi connectivity index (χ1n) is 22.2. The zero-order chi connectivity index (χ0) is 46.9. The maximum atomic E-state index is 12.6. The van der Waals surface area contributed by atoms with Crippen LogP contribution in [0.25, 0.3) is 0 Å². The van der Waals surface area contributed by atoms with Crippen LogP contribution in [0.2, 0.25) is 0 Å². The molecule has 0 aromatic carbocycles. The summed E-state index contributed by atoms with van der Waals surface area (Å²) in [5, 5.41) is 108. The number of aliphatic hydroxyl groups excluding tert-OH is 9. The van der Waals surface area contributed by atoms with E-state index in [1.165, 1.54) is 0 Å². The van der Waals surface area contributed by atoms with Crippen LogP contribution in [0.3, 0.4) is 0 Å². The molecular formula is C47H75NO15. The molecule has 358 valence electrons. The van der Waals surface area contributed by atoms with Gasteiger partial charge in [0.2, 0.25) is 0 Å². The van der Waals surface area contributed by atoms with Gasteiger partial charge in [-0.1, -0.05) is 106 Å². The maximum absolute atomic E-state index is 12.6. The van der Waals surface area contributed by atoms with E-state index in [2.05, 4.69) is 0 Å². The monoisotopic (exact) mass is 894 g/mol. The second-order valence-electron chi connectivity index (χ2n) is 17.6. The number of ether oxygens (including phenoxy) is 4. The van der Waals surface area contributed by atoms with Crippen molar-refractivity contribution in [3.63, 3.8) is 0 Å². The van der Waals surface area contributed by atoms with Crippen molar-refractivity contribution in [1.82, 2.24) is 0 Å². The van der Waals surface area contributed by atoms with Crippen LogP contribution in [0.1, 0.15) is 86.0 Å². The predicted molar refractivity (Wildman–Crippen MR) is 235 cm³/mol. The highest BCUT2D eigenvalue weighted by Gasteiger charge is 2.47. The fourth-order valence-electron chi connectivity index (χ4n) is 7.79. The number of allylic oxidation sites excluding steroid dienone is 12. The third-order valence-electron chi connectivity index (χ3n) is 12.1. The number of nitrogens with two attached hydrogens (primary N) is 1. The van der Waals surface area contributed by atoms with Crippen LogP contribution in [0.15, 0.2) is 85.1 Å². The fourth-order valence-corrected chi connectivity index (χ4v) is 7.79. The Labute approximate surface area is 372 Å². The summed E-state index contributed by atoms with van der Waals surface area (Å²) in [6.45, 7) is 8.60. The van der Waals surface area contributed by atoms with Gasteiger partial charge in [0.25, 0.3) is 0 Å². The summed E-state index contributed by atoms with van der Waals surface area (Å²) < 4.78 is 23.5. The Morgan fingerprint density at radius 1 is 0.603 bits per heavy atom. The number of aliphatic hydroxyl groups is 10. The molecule has 16 heteroatoms. The quantitative estimate of drug-likeness (QED) is 0.176. The molecule has 63 heavy (non-hydrogen) atoms. The Morgan fingerprint density at radius 2 is 1.14 bits per heavy atom. The van der Waals surface area contributed by atoms with Crippen molar-refractivity contribution in [1.29, 1.82) is 0 Å². The highest BCUT2D eigenvalue weighted by Crippen LogP contribution is 2.38. The van der Waals surface area contributed by atoms with Gasteiger partial charge in [0.05, 0.1) is 79.6 Å². The predicted octanol–water partition coefficient (Wildman–Crippen LogP) is 1.65. The molecule has 0 radical (unpaired) electrons. The van der Waals surface area contributed by atoms with E-state index in [4.69, 9.17) is 24.7 Å². The molecule has 0 aromatic rings. The number of cyclic esters (lactones) is 1. The molecule has 3 rings (SSSR count). The number of carbonyl (C=O) groups excluding carboxylic acids is 1. The number of fused-ring (bicyclic) bond motifs is 2. The molecular weight excluding hydrogens is 819 g/mol. The molecule has 3 aliphatic rings. The third kappa shape index (κ3) is 18.5. The average molecular weight is 894 g/mol. The SMILES string of the molecule is CC1OC(OC2/C=C/C=C/C=C/C=C/C=C/C=C/C=C/C(C)[C@@H](O)C(C)C(C)OC(=O)CC(O)CC(O)CC(O)CCC(O)C(O)C[C@]3(O)CC(O)C(C)C(C2)O3)C(O)C(N)C1O. The Bertz CT molecular complexity index is 1570. The second kappa shape index (κ2) is 26.9. The summed E-state index contributed by atoms with van der Waals surface area (Å²) in [4.78, 5) is 12.6. The lowest BCUT2D eigenvalue weighted by Crippen LogP contribution is -2.61. The topological polar surface area (TPSA) is 282 Å². The standard InChI is InChI=1S/C47H75NO15/c1-28-18-16-14-12-10-8-6-7-9-11-13-15-17-19-36(62-46-45(58)42(48)44(57)32(5)61-46)25-40-30(3)38(53)26-47(59,63-40)27-39(54)37(52)21-20-33(49)22-34(50)23-35(51)24-41(55)60-31(4)29(2)43(28)56/h6-19,28-40,42-46,49-54,56-59H,20-27,48H2,1-5H3/b7-6+,10-8+,11-9+,14-12+,15-13+,18-16+,19-17+/t28?,29?,30?,31?,32?,33?,34?,35?,36?,37?,38?,39?,40?,42?,43-,44?,45?,46?,47+/m1/s1. The molecule has 17 unspecified atom stereocenters. The minimum atomic E-state index is -2.08. The fraction of sp³-hybridized carbons (Fsp3) is 0.681. The lowest BCUT2D eigenvalue weighted by atomic mass is 9.83. The molecule has 19 atom stereocenters. The number of hydrogen-bond acceptors (Lipinski definition) is 16. The van der Waals surface area contributed by atoms with Crippen LogP contribution in [-0.2, 0) is 23.7 Å². The van der Waals surface area contributed by atoms with Gasteiger partial charge >= 0.3 is 5.97 Å². The molecule has 0 saturated carbocycles. The largest absolute Gasteiger partial charge is 0.462 e. The van der Waals surface area contributed by atoms with Gasteiger partial charge in [0.15, 0.2) is 12.1 Å². The van der Waals surface area contributed by atoms with Gasteiger partial charge in [0, 0.05) is 37.0 Å². The highest BCUT2D eigenvalue weighted by atomic mass is 16.7. The van der Waals surface area contributed by atoms with Gasteiger partial charge in [-0.25, -0.2) is 0 Å². The molecule has 16 nitrogen and oxygen atoms in total. The smallest absolute Gasteiger partial charge is 0.308 e. The van der Waals surface area contributed by atoms with E-state index in [-0.39, 0.29) is 44.4 Å². The molecule has 0 aromatic heterocycles. The van der Waals surface area contributed by atoms with Crippen molar-refractivity contribution in [3.8, 4) is 0 Å².